The van der Waals surface area contributed by atoms with Crippen LogP contribution in [0.4, 0.5) is 0 Å². The molecule has 16 heteroatoms. The van der Waals surface area contributed by atoms with Crippen LogP contribution < -0.4 is 0 Å². The molecule has 0 atom stereocenters. The predicted molar refractivity (Wildman–Crippen MR) is 271 cm³/mol. The summed E-state index contributed by atoms with van der Waals surface area (Å²) in [5.74, 6) is 1.97. The Labute approximate surface area is 393 Å². The minimum atomic E-state index is 0.877. The molecular weight excluding hydrogens is 861 g/mol. The van der Waals surface area contributed by atoms with Crippen molar-refractivity contribution in [1.29, 1.82) is 0 Å². The lowest BCUT2D eigenvalue weighted by molar-refractivity contribution is 0.730. The smallest absolute Gasteiger partial charge is 0.139 e. The van der Waals surface area contributed by atoms with Crippen LogP contribution in [-0.2, 0) is 21.1 Å². The van der Waals surface area contributed by atoms with Crippen molar-refractivity contribution in [3.8, 4) is 0 Å². The zero-order valence-corrected chi connectivity index (χ0v) is 45.8. The van der Waals surface area contributed by atoms with Crippen LogP contribution >= 0.6 is 45.7 Å². The van der Waals surface area contributed by atoms with Gasteiger partial charge in [0.15, 0.2) is 0 Å². The largest absolute Gasteiger partial charge is 0.335 e. The minimum Gasteiger partial charge on any atom is -0.335 e. The third kappa shape index (κ3) is 15.6. The van der Waals surface area contributed by atoms with Crippen molar-refractivity contribution in [3.05, 3.63) is 115 Å². The van der Waals surface area contributed by atoms with Crippen LogP contribution in [0.2, 0.25) is 0 Å². The maximum atomic E-state index is 4.59. The summed E-state index contributed by atoms with van der Waals surface area (Å²) in [5.41, 5.74) is 19.0. The van der Waals surface area contributed by atoms with Gasteiger partial charge in [-0.25, -0.2) is 15.0 Å². The third-order valence-corrected chi connectivity index (χ3v) is 14.8. The highest BCUT2D eigenvalue weighted by atomic mass is 32.1. The topological polar surface area (TPSA) is 131 Å². The highest BCUT2D eigenvalue weighted by Gasteiger charge is 2.12. The van der Waals surface area contributed by atoms with Gasteiger partial charge in [0, 0.05) is 43.1 Å². The molecule has 12 nitrogen and oxygen atoms in total. The summed E-state index contributed by atoms with van der Waals surface area (Å²) in [4.78, 5) is 14.2. The fourth-order valence-electron chi connectivity index (χ4n) is 5.81. The fourth-order valence-corrected chi connectivity index (χ4v) is 8.61. The summed E-state index contributed by atoms with van der Waals surface area (Å²) < 4.78 is 15.4. The van der Waals surface area contributed by atoms with Gasteiger partial charge in [0.1, 0.15) is 26.7 Å². The molecule has 0 aliphatic rings. The van der Waals surface area contributed by atoms with Crippen molar-refractivity contribution >= 4 is 56.0 Å². The number of rotatable bonds is 0. The van der Waals surface area contributed by atoms with Crippen molar-refractivity contribution < 1.29 is 0 Å². The van der Waals surface area contributed by atoms with Gasteiger partial charge in [0.05, 0.1) is 38.0 Å². The van der Waals surface area contributed by atoms with Gasteiger partial charge in [0.25, 0.3) is 0 Å². The lowest BCUT2D eigenvalue weighted by Crippen LogP contribution is -1.92. The number of thiazole rings is 1. The normalized spacial score (nSPS) is 10.2. The van der Waals surface area contributed by atoms with Crippen LogP contribution in [0.1, 0.15) is 115 Å². The highest BCUT2D eigenvalue weighted by Crippen LogP contribution is 2.32. The Kier molecular flexibility index (Phi) is 21.3. The summed E-state index contributed by atoms with van der Waals surface area (Å²) >= 11 is 6.45. The lowest BCUT2D eigenvalue weighted by Gasteiger charge is -2.09. The molecule has 0 bridgehead atoms. The van der Waals surface area contributed by atoms with Gasteiger partial charge < -0.3 is 4.57 Å². The predicted octanol–water partition coefficient (Wildman–Crippen LogP) is 12.3. The standard InChI is InChI=1S/C12H15NS.3C7H12N2.C6H9NS.2C4H6N2S/c1-6-7(2)9(4)12-11(8(6)3)13-10(5)14-12;1-5-6(2)9(4)7(3)8-5;2*1-5-6(2)8-9(4)7(5)3;1-4-5(2)7-8-6(4)3;1-3-5-6-4(2)7-3;1-3-5-4(2)7-6-3/h1-5H3;3*1-4H3;1-3H3;2*1-2H3. The van der Waals surface area contributed by atoms with E-state index in [-0.39, 0.29) is 0 Å². The van der Waals surface area contributed by atoms with E-state index in [1.54, 1.807) is 34.2 Å². The van der Waals surface area contributed by atoms with Crippen LogP contribution in [0, 0.1) is 145 Å². The molecule has 0 amide bonds. The first kappa shape index (κ1) is 54.6. The molecule has 0 aliphatic heterocycles. The molecule has 7 heterocycles. The first-order chi connectivity index (χ1) is 29.2. The minimum absolute atomic E-state index is 0.877. The van der Waals surface area contributed by atoms with E-state index < -0.39 is 0 Å². The first-order valence-corrected chi connectivity index (χ1v) is 24.0. The molecule has 0 saturated carbocycles. The van der Waals surface area contributed by atoms with Gasteiger partial charge in [0.2, 0.25) is 0 Å². The molecular formula is C47H72N12S4. The summed E-state index contributed by atoms with van der Waals surface area (Å²) in [5, 5.41) is 20.3. The van der Waals surface area contributed by atoms with Gasteiger partial charge in [-0.2, -0.15) is 18.9 Å². The zero-order chi connectivity index (χ0) is 48.2. The number of aryl methyl sites for hydroxylation is 15. The average Bonchev–Trinajstić information content (AvgIpc) is 4.10. The van der Waals surface area contributed by atoms with Crippen molar-refractivity contribution in [2.75, 3.05) is 0 Å². The Hall–Kier alpha value is -4.51. The molecule has 63 heavy (non-hydrogen) atoms. The molecule has 1 aromatic carbocycles. The molecule has 0 saturated heterocycles. The second kappa shape index (κ2) is 24.5. The van der Waals surface area contributed by atoms with Crippen molar-refractivity contribution in [1.82, 2.24) is 58.0 Å². The van der Waals surface area contributed by atoms with Crippen LogP contribution in [0.3, 0.4) is 0 Å². The van der Waals surface area contributed by atoms with Crippen LogP contribution in [-0.4, -0.2) is 58.0 Å². The Morgan fingerprint density at radius 1 is 0.381 bits per heavy atom. The van der Waals surface area contributed by atoms with E-state index >= 15 is 0 Å². The van der Waals surface area contributed by atoms with Gasteiger partial charge >= 0.3 is 0 Å². The molecule has 0 N–H and O–H groups in total. The summed E-state index contributed by atoms with van der Waals surface area (Å²) in [7, 11) is 5.97. The summed E-state index contributed by atoms with van der Waals surface area (Å²) in [6, 6.07) is 0. The number of imidazole rings is 1. The fraction of sp³-hybridized carbons (Fsp3) is 0.511. The Morgan fingerprint density at radius 2 is 0.873 bits per heavy atom. The second-order valence-electron chi connectivity index (χ2n) is 15.8. The molecule has 0 radical (unpaired) electrons. The summed E-state index contributed by atoms with van der Waals surface area (Å²) in [6.45, 7) is 43.3. The number of aromatic nitrogens is 12. The van der Waals surface area contributed by atoms with Gasteiger partial charge in [-0.3, -0.25) is 9.36 Å². The second-order valence-corrected chi connectivity index (χ2v) is 20.3. The average molecular weight is 933 g/mol. The van der Waals surface area contributed by atoms with E-state index in [0.29, 0.717) is 0 Å². The number of hydrogen-bond acceptors (Lipinski definition) is 13. The molecule has 8 rings (SSSR count). The number of nitrogens with zero attached hydrogens (tertiary/aromatic N) is 12. The van der Waals surface area contributed by atoms with Crippen molar-refractivity contribution in [2.45, 2.75) is 145 Å². The molecule has 0 fully saturated rings. The van der Waals surface area contributed by atoms with Crippen LogP contribution in [0.25, 0.3) is 10.2 Å². The molecule has 0 aliphatic carbocycles. The van der Waals surface area contributed by atoms with Crippen molar-refractivity contribution in [2.24, 2.45) is 21.1 Å². The highest BCUT2D eigenvalue weighted by molar-refractivity contribution is 7.18. The van der Waals surface area contributed by atoms with Crippen molar-refractivity contribution in [3.63, 3.8) is 0 Å². The van der Waals surface area contributed by atoms with E-state index in [1.807, 2.05) is 92.8 Å². The monoisotopic (exact) mass is 932 g/mol. The quantitative estimate of drug-likeness (QED) is 0.146. The van der Waals surface area contributed by atoms with Gasteiger partial charge in [-0.15, -0.1) is 32.9 Å². The van der Waals surface area contributed by atoms with E-state index in [4.69, 9.17) is 0 Å². The first-order valence-electron chi connectivity index (χ1n) is 20.9. The molecule has 7 aromatic heterocycles. The Balaban J connectivity index is 0.000000256. The molecule has 8 aromatic rings. The molecule has 0 spiro atoms. The third-order valence-electron chi connectivity index (χ3n) is 11.3. The van der Waals surface area contributed by atoms with Crippen LogP contribution in [0.15, 0.2) is 0 Å². The number of benzene rings is 1. The van der Waals surface area contributed by atoms with Gasteiger partial charge in [-0.05, 0) is 207 Å². The zero-order valence-electron chi connectivity index (χ0n) is 42.5. The Morgan fingerprint density at radius 3 is 1.10 bits per heavy atom. The van der Waals surface area contributed by atoms with E-state index in [0.717, 1.165) is 48.8 Å². The molecule has 344 valence electrons. The summed E-state index contributed by atoms with van der Waals surface area (Å²) in [6.07, 6.45) is 0. The lowest BCUT2D eigenvalue weighted by atomic mass is 9.99. The number of hydrogen-bond donors (Lipinski definition) is 0. The molecule has 0 unspecified atom stereocenters. The van der Waals surface area contributed by atoms with Crippen LogP contribution in [0.5, 0.6) is 0 Å². The van der Waals surface area contributed by atoms with E-state index in [2.05, 4.69) is 132 Å². The number of fused-ring (bicyclic) bond motifs is 1. The SMILES string of the molecule is Cc1nc(C)n(C)c1C.Cc1nc2c(C)c(C)c(C)c(C)c2s1.Cc1nn(C)c(C)c1C.Cc1nn(C)c(C)c1C.Cc1nnc(C)s1.Cc1nsc(C)c1C.Cc1nsc(C)n1. The Bertz CT molecular complexity index is 2370. The maximum Gasteiger partial charge on any atom is 0.139 e. The maximum absolute atomic E-state index is 4.59. The van der Waals surface area contributed by atoms with E-state index in [9.17, 15) is 0 Å². The van der Waals surface area contributed by atoms with Gasteiger partial charge in [-0.1, -0.05) is 0 Å². The van der Waals surface area contributed by atoms with E-state index in [1.165, 1.54) is 88.3 Å².